The van der Waals surface area contributed by atoms with Crippen molar-refractivity contribution < 1.29 is 19.1 Å². The lowest BCUT2D eigenvalue weighted by molar-refractivity contribution is -0.156. The van der Waals surface area contributed by atoms with Gasteiger partial charge in [-0.25, -0.2) is 4.79 Å². The summed E-state index contributed by atoms with van der Waals surface area (Å²) in [6.45, 7) is 1.27. The number of esters is 1. The third kappa shape index (κ3) is 5.23. The highest BCUT2D eigenvalue weighted by atomic mass is 35.5. The number of benzene rings is 2. The van der Waals surface area contributed by atoms with E-state index in [1.165, 1.54) is 5.56 Å². The number of ether oxygens (including phenoxy) is 2. The molecular formula is C21H22ClNO4. The minimum atomic E-state index is -0.894. The lowest BCUT2D eigenvalue weighted by atomic mass is 9.87. The van der Waals surface area contributed by atoms with Gasteiger partial charge in [-0.05, 0) is 55.5 Å². The third-order valence-electron chi connectivity index (χ3n) is 4.52. The Labute approximate surface area is 163 Å². The van der Waals surface area contributed by atoms with E-state index in [4.69, 9.17) is 21.1 Å². The minimum absolute atomic E-state index is 0.0497. The van der Waals surface area contributed by atoms with E-state index in [0.29, 0.717) is 10.8 Å². The van der Waals surface area contributed by atoms with Gasteiger partial charge in [0.15, 0.2) is 12.7 Å². The SMILES string of the molecule is C[C@@H](OC(=O)COc1cccc(Cl)c1)C(=O)N[C@H]1CCCc2ccccc21. The van der Waals surface area contributed by atoms with Gasteiger partial charge >= 0.3 is 5.97 Å². The maximum Gasteiger partial charge on any atom is 0.344 e. The van der Waals surface area contributed by atoms with Crippen molar-refractivity contribution in [2.24, 2.45) is 0 Å². The number of rotatable bonds is 6. The molecule has 2 atom stereocenters. The van der Waals surface area contributed by atoms with E-state index >= 15 is 0 Å². The molecule has 0 saturated heterocycles. The van der Waals surface area contributed by atoms with Crippen molar-refractivity contribution >= 4 is 23.5 Å². The number of carbonyl (C=O) groups is 2. The standard InChI is InChI=1S/C21H22ClNO4/c1-14(27-20(24)13-26-17-9-5-8-16(22)12-17)21(25)23-19-11-4-7-15-6-2-3-10-18(15)19/h2-3,5-6,8-10,12,14,19H,4,7,11,13H2,1H3,(H,23,25)/t14-,19+/m1/s1. The molecule has 1 N–H and O–H groups in total. The molecule has 0 fully saturated rings. The van der Waals surface area contributed by atoms with Crippen molar-refractivity contribution in [3.05, 3.63) is 64.7 Å². The van der Waals surface area contributed by atoms with Crippen molar-refractivity contribution in [2.45, 2.75) is 38.3 Å². The van der Waals surface area contributed by atoms with Gasteiger partial charge in [-0.3, -0.25) is 4.79 Å². The van der Waals surface area contributed by atoms with Gasteiger partial charge in [0.25, 0.3) is 5.91 Å². The maximum absolute atomic E-state index is 12.4. The molecule has 0 aromatic heterocycles. The van der Waals surface area contributed by atoms with Crippen molar-refractivity contribution in [3.63, 3.8) is 0 Å². The molecule has 0 aliphatic heterocycles. The number of hydrogen-bond donors (Lipinski definition) is 1. The molecule has 2 aromatic rings. The molecule has 0 saturated carbocycles. The zero-order valence-corrected chi connectivity index (χ0v) is 15.9. The van der Waals surface area contributed by atoms with E-state index in [-0.39, 0.29) is 18.6 Å². The van der Waals surface area contributed by atoms with Crippen LogP contribution in [0.25, 0.3) is 0 Å². The molecule has 0 heterocycles. The summed E-state index contributed by atoms with van der Waals surface area (Å²) in [7, 11) is 0. The number of fused-ring (bicyclic) bond motifs is 1. The topological polar surface area (TPSA) is 64.6 Å². The lowest BCUT2D eigenvalue weighted by Crippen LogP contribution is -2.39. The molecule has 142 valence electrons. The van der Waals surface area contributed by atoms with Crippen LogP contribution in [0.2, 0.25) is 5.02 Å². The van der Waals surface area contributed by atoms with Gasteiger partial charge in [0.2, 0.25) is 0 Å². The van der Waals surface area contributed by atoms with E-state index in [0.717, 1.165) is 24.8 Å². The second kappa shape index (κ2) is 8.91. The summed E-state index contributed by atoms with van der Waals surface area (Å²) in [5.74, 6) is -0.454. The van der Waals surface area contributed by atoms with E-state index in [1.54, 1.807) is 31.2 Å². The number of amides is 1. The normalized spacial score (nSPS) is 16.7. The Hall–Kier alpha value is -2.53. The molecule has 0 unspecified atom stereocenters. The predicted octanol–water partition coefficient (Wildman–Crippen LogP) is 3.84. The van der Waals surface area contributed by atoms with Gasteiger partial charge in [0.05, 0.1) is 6.04 Å². The van der Waals surface area contributed by atoms with E-state index < -0.39 is 12.1 Å². The number of carbonyl (C=O) groups excluding carboxylic acids is 2. The highest BCUT2D eigenvalue weighted by Crippen LogP contribution is 2.29. The Kier molecular flexibility index (Phi) is 6.35. The molecule has 3 rings (SSSR count). The third-order valence-corrected chi connectivity index (χ3v) is 4.75. The van der Waals surface area contributed by atoms with Gasteiger partial charge in [-0.2, -0.15) is 0 Å². The van der Waals surface area contributed by atoms with Crippen LogP contribution in [0.5, 0.6) is 5.75 Å². The molecule has 0 bridgehead atoms. The monoisotopic (exact) mass is 387 g/mol. The van der Waals surface area contributed by atoms with Crippen LogP contribution in [-0.2, 0) is 20.7 Å². The summed E-state index contributed by atoms with van der Waals surface area (Å²) in [4.78, 5) is 24.4. The van der Waals surface area contributed by atoms with Gasteiger partial charge in [0, 0.05) is 5.02 Å². The predicted molar refractivity (Wildman–Crippen MR) is 103 cm³/mol. The fourth-order valence-electron chi connectivity index (χ4n) is 3.18. The highest BCUT2D eigenvalue weighted by Gasteiger charge is 2.25. The number of nitrogens with one attached hydrogen (secondary N) is 1. The van der Waals surface area contributed by atoms with Crippen LogP contribution >= 0.6 is 11.6 Å². The first kappa shape index (κ1) is 19.2. The van der Waals surface area contributed by atoms with Crippen LogP contribution in [0, 0.1) is 0 Å². The van der Waals surface area contributed by atoms with Gasteiger partial charge in [-0.1, -0.05) is 41.9 Å². The summed E-state index contributed by atoms with van der Waals surface area (Å²) in [5, 5.41) is 3.50. The minimum Gasteiger partial charge on any atom is -0.482 e. The van der Waals surface area contributed by atoms with E-state index in [9.17, 15) is 9.59 Å². The number of aryl methyl sites for hydroxylation is 1. The first-order valence-corrected chi connectivity index (χ1v) is 9.37. The molecule has 1 aliphatic rings. The van der Waals surface area contributed by atoms with Crippen molar-refractivity contribution in [3.8, 4) is 5.75 Å². The molecular weight excluding hydrogens is 366 g/mol. The van der Waals surface area contributed by atoms with Crippen LogP contribution in [0.3, 0.4) is 0 Å². The summed E-state index contributed by atoms with van der Waals surface area (Å²) in [6.07, 6.45) is 2.02. The molecule has 0 spiro atoms. The Bertz CT molecular complexity index is 823. The van der Waals surface area contributed by atoms with Crippen LogP contribution in [0.1, 0.15) is 36.9 Å². The van der Waals surface area contributed by atoms with Gasteiger partial charge in [0.1, 0.15) is 5.75 Å². The molecule has 1 aliphatic carbocycles. The summed E-state index contributed by atoms with van der Waals surface area (Å²) >= 11 is 5.87. The Morgan fingerprint density at radius 2 is 2.04 bits per heavy atom. The van der Waals surface area contributed by atoms with Gasteiger partial charge < -0.3 is 14.8 Å². The van der Waals surface area contributed by atoms with Crippen LogP contribution < -0.4 is 10.1 Å². The van der Waals surface area contributed by atoms with E-state index in [1.807, 2.05) is 18.2 Å². The first-order chi connectivity index (χ1) is 13.0. The second-order valence-electron chi connectivity index (χ2n) is 6.53. The quantitative estimate of drug-likeness (QED) is 0.765. The van der Waals surface area contributed by atoms with Crippen molar-refractivity contribution in [1.82, 2.24) is 5.32 Å². The van der Waals surface area contributed by atoms with Crippen LogP contribution in [0.15, 0.2) is 48.5 Å². The molecule has 5 nitrogen and oxygen atoms in total. The summed E-state index contributed by atoms with van der Waals surface area (Å²) < 4.78 is 10.5. The maximum atomic E-state index is 12.4. The smallest absolute Gasteiger partial charge is 0.344 e. The molecule has 27 heavy (non-hydrogen) atoms. The fourth-order valence-corrected chi connectivity index (χ4v) is 3.36. The number of hydrogen-bond acceptors (Lipinski definition) is 4. The van der Waals surface area contributed by atoms with E-state index in [2.05, 4.69) is 11.4 Å². The summed E-state index contributed by atoms with van der Waals surface area (Å²) in [6, 6.07) is 14.8. The average Bonchev–Trinajstić information content (AvgIpc) is 2.66. The molecule has 2 aromatic carbocycles. The molecule has 1 amide bonds. The molecule has 6 heteroatoms. The highest BCUT2D eigenvalue weighted by molar-refractivity contribution is 6.30. The first-order valence-electron chi connectivity index (χ1n) is 8.99. The Morgan fingerprint density at radius 3 is 2.85 bits per heavy atom. The Morgan fingerprint density at radius 1 is 1.22 bits per heavy atom. The second-order valence-corrected chi connectivity index (χ2v) is 6.97. The van der Waals surface area contributed by atoms with Crippen molar-refractivity contribution in [2.75, 3.05) is 6.61 Å². The lowest BCUT2D eigenvalue weighted by Gasteiger charge is -2.27. The number of halogens is 1. The average molecular weight is 388 g/mol. The fraction of sp³-hybridized carbons (Fsp3) is 0.333. The van der Waals surface area contributed by atoms with Gasteiger partial charge in [-0.15, -0.1) is 0 Å². The molecule has 0 radical (unpaired) electrons. The zero-order chi connectivity index (χ0) is 19.2. The van der Waals surface area contributed by atoms with Crippen LogP contribution in [-0.4, -0.2) is 24.6 Å². The van der Waals surface area contributed by atoms with Crippen LogP contribution in [0.4, 0.5) is 0 Å². The van der Waals surface area contributed by atoms with Crippen molar-refractivity contribution in [1.29, 1.82) is 0 Å². The summed E-state index contributed by atoms with van der Waals surface area (Å²) in [5.41, 5.74) is 2.40. The Balaban J connectivity index is 1.50. The largest absolute Gasteiger partial charge is 0.482 e. The zero-order valence-electron chi connectivity index (χ0n) is 15.1.